The molecule has 84 valence electrons. The summed E-state index contributed by atoms with van der Waals surface area (Å²) in [5, 5.41) is -0.0349. The SMILES string of the molecule is Cc1cc(C(F)(F)F)c2ccc(N)nc2n1. The maximum atomic E-state index is 12.7. The number of fused-ring (bicyclic) bond motifs is 1. The molecule has 2 aromatic rings. The number of aryl methyl sites for hydroxylation is 1. The molecule has 2 N–H and O–H groups in total. The number of hydrogen-bond acceptors (Lipinski definition) is 3. The first kappa shape index (κ1) is 10.7. The van der Waals surface area contributed by atoms with Gasteiger partial charge in [-0.2, -0.15) is 13.2 Å². The molecule has 0 aliphatic carbocycles. The highest BCUT2D eigenvalue weighted by Gasteiger charge is 2.33. The molecule has 6 heteroatoms. The molecule has 0 saturated carbocycles. The molecule has 0 saturated heterocycles. The monoisotopic (exact) mass is 227 g/mol. The summed E-state index contributed by atoms with van der Waals surface area (Å²) >= 11 is 0. The quantitative estimate of drug-likeness (QED) is 0.752. The van der Waals surface area contributed by atoms with Crippen LogP contribution >= 0.6 is 0 Å². The van der Waals surface area contributed by atoms with Crippen molar-refractivity contribution in [1.29, 1.82) is 0 Å². The minimum absolute atomic E-state index is 0.0207. The van der Waals surface area contributed by atoms with Gasteiger partial charge in [-0.05, 0) is 25.1 Å². The lowest BCUT2D eigenvalue weighted by atomic mass is 10.1. The first-order chi connectivity index (χ1) is 7.38. The molecule has 0 aromatic carbocycles. The third-order valence-corrected chi connectivity index (χ3v) is 2.13. The average molecular weight is 227 g/mol. The molecule has 0 fully saturated rings. The van der Waals surface area contributed by atoms with Crippen LogP contribution in [0.4, 0.5) is 19.0 Å². The number of nitrogens with two attached hydrogens (primary N) is 1. The molecule has 0 bridgehead atoms. The van der Waals surface area contributed by atoms with Gasteiger partial charge in [0.15, 0.2) is 5.65 Å². The second-order valence-corrected chi connectivity index (χ2v) is 3.42. The predicted molar refractivity (Wildman–Crippen MR) is 53.7 cm³/mol. The minimum Gasteiger partial charge on any atom is -0.384 e. The van der Waals surface area contributed by atoms with Crippen molar-refractivity contribution in [3.05, 3.63) is 29.5 Å². The Morgan fingerprint density at radius 3 is 2.50 bits per heavy atom. The van der Waals surface area contributed by atoms with Crippen molar-refractivity contribution in [2.24, 2.45) is 0 Å². The highest BCUT2D eigenvalue weighted by atomic mass is 19.4. The molecule has 2 heterocycles. The number of aromatic nitrogens is 2. The fourth-order valence-corrected chi connectivity index (χ4v) is 1.48. The molecule has 2 rings (SSSR count). The lowest BCUT2D eigenvalue weighted by Gasteiger charge is -2.10. The molecule has 0 amide bonds. The molecule has 0 aliphatic heterocycles. The smallest absolute Gasteiger partial charge is 0.384 e. The van der Waals surface area contributed by atoms with Gasteiger partial charge in [-0.25, -0.2) is 9.97 Å². The van der Waals surface area contributed by atoms with Gasteiger partial charge in [-0.3, -0.25) is 0 Å². The predicted octanol–water partition coefficient (Wildman–Crippen LogP) is 2.54. The zero-order valence-corrected chi connectivity index (χ0v) is 8.34. The van der Waals surface area contributed by atoms with Gasteiger partial charge in [0.2, 0.25) is 0 Å². The normalized spacial score (nSPS) is 12.0. The van der Waals surface area contributed by atoms with Crippen LogP contribution in [0.1, 0.15) is 11.3 Å². The van der Waals surface area contributed by atoms with Crippen molar-refractivity contribution in [3.63, 3.8) is 0 Å². The summed E-state index contributed by atoms with van der Waals surface area (Å²) in [6.07, 6.45) is -4.41. The highest BCUT2D eigenvalue weighted by molar-refractivity contribution is 5.80. The second-order valence-electron chi connectivity index (χ2n) is 3.42. The van der Waals surface area contributed by atoms with Crippen molar-refractivity contribution in [2.75, 3.05) is 5.73 Å². The van der Waals surface area contributed by atoms with E-state index >= 15 is 0 Å². The molecule has 2 aromatic heterocycles. The first-order valence-electron chi connectivity index (χ1n) is 4.49. The molecular formula is C10H8F3N3. The molecule has 0 radical (unpaired) electrons. The summed E-state index contributed by atoms with van der Waals surface area (Å²) < 4.78 is 38.1. The van der Waals surface area contributed by atoms with Crippen molar-refractivity contribution < 1.29 is 13.2 Å². The van der Waals surface area contributed by atoms with Gasteiger partial charge in [0.05, 0.1) is 5.56 Å². The van der Waals surface area contributed by atoms with Gasteiger partial charge < -0.3 is 5.73 Å². The van der Waals surface area contributed by atoms with Crippen LogP contribution in [0.25, 0.3) is 11.0 Å². The number of pyridine rings is 2. The third kappa shape index (κ3) is 1.78. The fourth-order valence-electron chi connectivity index (χ4n) is 1.48. The number of alkyl halides is 3. The number of anilines is 1. The Hall–Kier alpha value is -1.85. The number of rotatable bonds is 0. The standard InChI is InChI=1S/C10H8F3N3/c1-5-4-7(10(11,12)13)6-2-3-8(14)16-9(6)15-5/h2-4H,1H3,(H2,14,15,16). The Balaban J connectivity index is 2.83. The van der Waals surface area contributed by atoms with E-state index in [0.717, 1.165) is 6.07 Å². The van der Waals surface area contributed by atoms with Gasteiger partial charge in [0.25, 0.3) is 0 Å². The summed E-state index contributed by atoms with van der Waals surface area (Å²) in [5.41, 5.74) is 4.95. The lowest BCUT2D eigenvalue weighted by Crippen LogP contribution is -2.08. The van der Waals surface area contributed by atoms with Gasteiger partial charge in [0.1, 0.15) is 5.82 Å². The largest absolute Gasteiger partial charge is 0.417 e. The Bertz CT molecular complexity index is 543. The molecule has 0 unspecified atom stereocenters. The van der Waals surface area contributed by atoms with E-state index < -0.39 is 11.7 Å². The summed E-state index contributed by atoms with van der Waals surface area (Å²) in [6.45, 7) is 1.49. The Labute approximate surface area is 89.1 Å². The summed E-state index contributed by atoms with van der Waals surface area (Å²) in [5.74, 6) is 0.152. The molecule has 16 heavy (non-hydrogen) atoms. The van der Waals surface area contributed by atoms with Crippen LogP contribution in [0.3, 0.4) is 0 Å². The van der Waals surface area contributed by atoms with E-state index in [1.807, 2.05) is 0 Å². The highest BCUT2D eigenvalue weighted by Crippen LogP contribution is 2.34. The van der Waals surface area contributed by atoms with Crippen LogP contribution in [0, 0.1) is 6.92 Å². The van der Waals surface area contributed by atoms with E-state index in [1.165, 1.54) is 19.1 Å². The van der Waals surface area contributed by atoms with Crippen LogP contribution < -0.4 is 5.73 Å². The van der Waals surface area contributed by atoms with E-state index in [4.69, 9.17) is 5.73 Å². The Kier molecular flexibility index (Phi) is 2.22. The van der Waals surface area contributed by atoms with Crippen molar-refractivity contribution in [3.8, 4) is 0 Å². The van der Waals surface area contributed by atoms with Gasteiger partial charge in [0, 0.05) is 11.1 Å². The zero-order chi connectivity index (χ0) is 11.9. The second kappa shape index (κ2) is 3.33. The molecule has 0 atom stereocenters. The van der Waals surface area contributed by atoms with Crippen molar-refractivity contribution in [1.82, 2.24) is 9.97 Å². The Morgan fingerprint density at radius 2 is 1.88 bits per heavy atom. The van der Waals surface area contributed by atoms with Gasteiger partial charge in [-0.1, -0.05) is 0 Å². The van der Waals surface area contributed by atoms with Crippen molar-refractivity contribution >= 4 is 16.9 Å². The number of hydrogen-bond donors (Lipinski definition) is 1. The summed E-state index contributed by atoms with van der Waals surface area (Å²) in [7, 11) is 0. The van der Waals surface area contributed by atoms with Crippen LogP contribution in [0.5, 0.6) is 0 Å². The Morgan fingerprint density at radius 1 is 1.19 bits per heavy atom. The first-order valence-corrected chi connectivity index (χ1v) is 4.49. The molecule has 3 nitrogen and oxygen atoms in total. The number of nitrogens with zero attached hydrogens (tertiary/aromatic N) is 2. The van der Waals surface area contributed by atoms with E-state index in [-0.39, 0.29) is 22.5 Å². The maximum Gasteiger partial charge on any atom is 0.417 e. The third-order valence-electron chi connectivity index (χ3n) is 2.13. The fraction of sp³-hybridized carbons (Fsp3) is 0.200. The zero-order valence-electron chi connectivity index (χ0n) is 8.34. The topological polar surface area (TPSA) is 51.8 Å². The van der Waals surface area contributed by atoms with Crippen LogP contribution in [-0.4, -0.2) is 9.97 Å². The minimum atomic E-state index is -4.41. The van der Waals surface area contributed by atoms with Crippen LogP contribution in [0.15, 0.2) is 18.2 Å². The van der Waals surface area contributed by atoms with Crippen LogP contribution in [-0.2, 0) is 6.18 Å². The van der Waals surface area contributed by atoms with Gasteiger partial charge in [-0.15, -0.1) is 0 Å². The molecule has 0 aliphatic rings. The average Bonchev–Trinajstić information content (AvgIpc) is 2.14. The van der Waals surface area contributed by atoms with E-state index in [0.29, 0.717) is 0 Å². The molecule has 0 spiro atoms. The van der Waals surface area contributed by atoms with E-state index in [2.05, 4.69) is 9.97 Å². The summed E-state index contributed by atoms with van der Waals surface area (Å²) in [6, 6.07) is 3.61. The summed E-state index contributed by atoms with van der Waals surface area (Å²) in [4.78, 5) is 7.70. The van der Waals surface area contributed by atoms with Crippen LogP contribution in [0.2, 0.25) is 0 Å². The van der Waals surface area contributed by atoms with Gasteiger partial charge >= 0.3 is 6.18 Å². The lowest BCUT2D eigenvalue weighted by molar-refractivity contribution is -0.136. The van der Waals surface area contributed by atoms with E-state index in [9.17, 15) is 13.2 Å². The van der Waals surface area contributed by atoms with Crippen molar-refractivity contribution in [2.45, 2.75) is 13.1 Å². The number of halogens is 3. The maximum absolute atomic E-state index is 12.7. The van der Waals surface area contributed by atoms with E-state index in [1.54, 1.807) is 0 Å². The number of nitrogen functional groups attached to an aromatic ring is 1. The molecular weight excluding hydrogens is 219 g/mol.